The van der Waals surface area contributed by atoms with Gasteiger partial charge in [-0.1, -0.05) is 78.9 Å². The minimum Gasteiger partial charge on any atom is -0.309 e. The topological polar surface area (TPSA) is 9.34 Å². The third kappa shape index (κ3) is 2.70. The number of nitrogens with zero attached hydrogens (tertiary/aromatic N) is 2. The van der Waals surface area contributed by atoms with Crippen molar-refractivity contribution in [3.8, 4) is 16.8 Å². The van der Waals surface area contributed by atoms with E-state index < -0.39 is 0 Å². The van der Waals surface area contributed by atoms with E-state index >= 15 is 0 Å². The van der Waals surface area contributed by atoms with Crippen LogP contribution in [-0.4, -0.2) is 8.97 Å². The van der Waals surface area contributed by atoms with Gasteiger partial charge in [0.15, 0.2) is 0 Å². The number of aromatic nitrogens is 2. The van der Waals surface area contributed by atoms with Crippen LogP contribution in [0.5, 0.6) is 0 Å². The summed E-state index contributed by atoms with van der Waals surface area (Å²) in [5, 5.41) is 7.90. The van der Waals surface area contributed by atoms with Gasteiger partial charge in [0.2, 0.25) is 0 Å². The van der Waals surface area contributed by atoms with Crippen LogP contribution >= 0.6 is 0 Å². The van der Waals surface area contributed by atoms with Crippen LogP contribution in [-0.2, 0) is 0 Å². The van der Waals surface area contributed by atoms with Gasteiger partial charge in [0.25, 0.3) is 0 Å². The van der Waals surface area contributed by atoms with Crippen LogP contribution in [0.4, 0.5) is 0 Å². The molecule has 0 aliphatic rings. The fourth-order valence-electron chi connectivity index (χ4n) is 6.87. The molecule has 2 nitrogen and oxygen atoms in total. The Morgan fingerprint density at radius 3 is 1.82 bits per heavy atom. The summed E-state index contributed by atoms with van der Waals surface area (Å²) in [4.78, 5) is 0. The van der Waals surface area contributed by atoms with E-state index in [-0.39, 0.29) is 0 Å². The Kier molecular flexibility index (Phi) is 4.02. The maximum absolute atomic E-state index is 2.46. The zero-order valence-electron chi connectivity index (χ0n) is 21.5. The van der Waals surface area contributed by atoms with Crippen molar-refractivity contribution in [2.75, 3.05) is 0 Å². The van der Waals surface area contributed by atoms with Gasteiger partial charge in [0, 0.05) is 38.0 Å². The lowest BCUT2D eigenvalue weighted by Crippen LogP contribution is -1.92. The zero-order chi connectivity index (χ0) is 25.7. The SMILES string of the molecule is Cc1ccc2c3cc(-c4ccc5c(c4)c4ccccc4n5-c4ccccc4)ccc3n3c4ccccc4c1c23. The summed E-state index contributed by atoms with van der Waals surface area (Å²) >= 11 is 0. The quantitative estimate of drug-likeness (QED) is 0.225. The molecular formula is C37H24N2. The lowest BCUT2D eigenvalue weighted by atomic mass is 9.99. The molecule has 182 valence electrons. The molecule has 9 aromatic rings. The van der Waals surface area contributed by atoms with Crippen molar-refractivity contribution >= 4 is 59.9 Å². The molecular weight excluding hydrogens is 472 g/mol. The first-order chi connectivity index (χ1) is 19.3. The first-order valence-corrected chi connectivity index (χ1v) is 13.5. The zero-order valence-corrected chi connectivity index (χ0v) is 21.5. The monoisotopic (exact) mass is 496 g/mol. The summed E-state index contributed by atoms with van der Waals surface area (Å²) in [5.74, 6) is 0. The number of benzene rings is 6. The van der Waals surface area contributed by atoms with E-state index in [2.05, 4.69) is 143 Å². The Labute approximate surface area is 225 Å². The Morgan fingerprint density at radius 1 is 0.436 bits per heavy atom. The minimum absolute atomic E-state index is 1.19. The van der Waals surface area contributed by atoms with Gasteiger partial charge in [-0.15, -0.1) is 0 Å². The fourth-order valence-corrected chi connectivity index (χ4v) is 6.87. The fraction of sp³-hybridized carbons (Fsp3) is 0.0270. The van der Waals surface area contributed by atoms with E-state index in [9.17, 15) is 0 Å². The average Bonchev–Trinajstić information content (AvgIpc) is 3.62. The van der Waals surface area contributed by atoms with Crippen LogP contribution in [0.3, 0.4) is 0 Å². The van der Waals surface area contributed by atoms with Gasteiger partial charge in [-0.25, -0.2) is 0 Å². The van der Waals surface area contributed by atoms with Crippen molar-refractivity contribution in [2.24, 2.45) is 0 Å². The molecule has 0 saturated carbocycles. The average molecular weight is 497 g/mol. The lowest BCUT2D eigenvalue weighted by molar-refractivity contribution is 1.18. The highest BCUT2D eigenvalue weighted by Gasteiger charge is 2.19. The van der Waals surface area contributed by atoms with E-state index in [0.29, 0.717) is 0 Å². The molecule has 0 N–H and O–H groups in total. The van der Waals surface area contributed by atoms with E-state index in [1.165, 1.54) is 82.3 Å². The highest BCUT2D eigenvalue weighted by Crippen LogP contribution is 2.42. The molecule has 0 amide bonds. The molecule has 6 aromatic carbocycles. The van der Waals surface area contributed by atoms with Crippen molar-refractivity contribution in [2.45, 2.75) is 6.92 Å². The summed E-state index contributed by atoms with van der Waals surface area (Å²) in [7, 11) is 0. The maximum Gasteiger partial charge on any atom is 0.0623 e. The molecule has 0 unspecified atom stereocenters. The van der Waals surface area contributed by atoms with Crippen molar-refractivity contribution < 1.29 is 0 Å². The van der Waals surface area contributed by atoms with E-state index in [4.69, 9.17) is 0 Å². The second-order valence-electron chi connectivity index (χ2n) is 10.7. The van der Waals surface area contributed by atoms with Crippen LogP contribution in [0.15, 0.2) is 127 Å². The predicted molar refractivity (Wildman–Crippen MR) is 166 cm³/mol. The van der Waals surface area contributed by atoms with Gasteiger partial charge in [0.1, 0.15) is 0 Å². The van der Waals surface area contributed by atoms with Gasteiger partial charge < -0.3 is 8.97 Å². The largest absolute Gasteiger partial charge is 0.309 e. The summed E-state index contributed by atoms with van der Waals surface area (Å²) in [6.07, 6.45) is 0. The number of aryl methyl sites for hydroxylation is 1. The number of hydrogen-bond donors (Lipinski definition) is 0. The number of para-hydroxylation sites is 3. The summed E-state index contributed by atoms with van der Waals surface area (Å²) in [5.41, 5.74) is 11.4. The highest BCUT2D eigenvalue weighted by atomic mass is 15.0. The van der Waals surface area contributed by atoms with Crippen molar-refractivity contribution in [1.82, 2.24) is 8.97 Å². The molecule has 0 bridgehead atoms. The van der Waals surface area contributed by atoms with Gasteiger partial charge >= 0.3 is 0 Å². The maximum atomic E-state index is 2.46. The molecule has 3 aromatic heterocycles. The second kappa shape index (κ2) is 7.49. The number of rotatable bonds is 2. The minimum atomic E-state index is 1.19. The first-order valence-electron chi connectivity index (χ1n) is 13.5. The van der Waals surface area contributed by atoms with Gasteiger partial charge in [-0.05, 0) is 72.1 Å². The smallest absolute Gasteiger partial charge is 0.0623 e. The van der Waals surface area contributed by atoms with Gasteiger partial charge in [-0.3, -0.25) is 0 Å². The molecule has 0 radical (unpaired) electrons. The lowest BCUT2D eigenvalue weighted by Gasteiger charge is -2.08. The Morgan fingerprint density at radius 2 is 1.03 bits per heavy atom. The molecule has 0 spiro atoms. The molecule has 0 saturated heterocycles. The number of hydrogen-bond acceptors (Lipinski definition) is 0. The standard InChI is InChI=1S/C37H24N2/c1-23-15-18-28-31-22-25(17-20-35(31)39-33-14-8-6-12-29(33)36(23)37(28)39)24-16-19-34-30(21-24)27-11-5-7-13-32(27)38(34)26-9-3-2-4-10-26/h2-22H,1H3. The molecule has 0 aliphatic heterocycles. The normalized spacial score (nSPS) is 12.2. The van der Waals surface area contributed by atoms with Crippen LogP contribution in [0.25, 0.3) is 76.7 Å². The Bertz CT molecular complexity index is 2390. The number of fused-ring (bicyclic) bond motifs is 9. The molecule has 0 atom stereocenters. The predicted octanol–water partition coefficient (Wildman–Crippen LogP) is 9.91. The molecule has 9 rings (SSSR count). The molecule has 0 aliphatic carbocycles. The third-order valence-corrected chi connectivity index (χ3v) is 8.57. The van der Waals surface area contributed by atoms with Crippen molar-refractivity contribution in [3.63, 3.8) is 0 Å². The van der Waals surface area contributed by atoms with Gasteiger partial charge in [-0.2, -0.15) is 0 Å². The molecule has 2 heteroatoms. The first kappa shape index (κ1) is 20.9. The third-order valence-electron chi connectivity index (χ3n) is 8.57. The second-order valence-corrected chi connectivity index (χ2v) is 10.7. The summed E-state index contributed by atoms with van der Waals surface area (Å²) in [6.45, 7) is 2.23. The van der Waals surface area contributed by atoms with Crippen molar-refractivity contribution in [3.05, 3.63) is 133 Å². The van der Waals surface area contributed by atoms with Crippen LogP contribution < -0.4 is 0 Å². The molecule has 3 heterocycles. The highest BCUT2D eigenvalue weighted by molar-refractivity contribution is 6.24. The summed E-state index contributed by atoms with van der Waals surface area (Å²) in [6, 6.07) is 46.7. The Balaban J connectivity index is 1.31. The van der Waals surface area contributed by atoms with E-state index in [1.807, 2.05) is 0 Å². The summed E-state index contributed by atoms with van der Waals surface area (Å²) < 4.78 is 4.83. The van der Waals surface area contributed by atoms with Gasteiger partial charge in [0.05, 0.1) is 27.6 Å². The van der Waals surface area contributed by atoms with Crippen LogP contribution in [0.2, 0.25) is 0 Å². The van der Waals surface area contributed by atoms with Crippen LogP contribution in [0.1, 0.15) is 5.56 Å². The van der Waals surface area contributed by atoms with E-state index in [0.717, 1.165) is 0 Å². The van der Waals surface area contributed by atoms with E-state index in [1.54, 1.807) is 0 Å². The molecule has 0 fully saturated rings. The molecule has 39 heavy (non-hydrogen) atoms. The van der Waals surface area contributed by atoms with Crippen LogP contribution in [0, 0.1) is 6.92 Å². The van der Waals surface area contributed by atoms with Crippen molar-refractivity contribution in [1.29, 1.82) is 0 Å². The Hall–Kier alpha value is -5.08.